The van der Waals surface area contributed by atoms with Crippen LogP contribution in [0.2, 0.25) is 0 Å². The fourth-order valence-corrected chi connectivity index (χ4v) is 4.57. The van der Waals surface area contributed by atoms with Gasteiger partial charge in [-0.1, -0.05) is 115 Å². The lowest BCUT2D eigenvalue weighted by Crippen LogP contribution is -2.32. The highest BCUT2D eigenvalue weighted by atomic mass is 16.4. The Labute approximate surface area is 202 Å². The fraction of sp³-hybridized carbons (Fsp3) is 0.194. The summed E-state index contributed by atoms with van der Waals surface area (Å²) in [4.78, 5) is 14.4. The Balaban J connectivity index is 1.72. The molecule has 4 aromatic carbocycles. The molecule has 0 spiro atoms. The Morgan fingerprint density at radius 1 is 0.706 bits per heavy atom. The summed E-state index contributed by atoms with van der Waals surface area (Å²) in [6.45, 7) is 2.83. The number of carboxylic acids is 1. The molecule has 4 rings (SSSR count). The minimum Gasteiger partial charge on any atom is -0.481 e. The van der Waals surface area contributed by atoms with Crippen LogP contribution in [0, 0.1) is 0 Å². The number of carbonyl (C=O) groups is 1. The van der Waals surface area contributed by atoms with Crippen LogP contribution in [0.25, 0.3) is 0 Å². The molecule has 0 radical (unpaired) electrons. The summed E-state index contributed by atoms with van der Waals surface area (Å²) in [5.74, 6) is -0.795. The fourth-order valence-electron chi connectivity index (χ4n) is 4.57. The molecular weight excluding hydrogens is 418 g/mol. The minimum absolute atomic E-state index is 0.0405. The van der Waals surface area contributed by atoms with Crippen LogP contribution in [0.15, 0.2) is 115 Å². The quantitative estimate of drug-likeness (QED) is 0.282. The van der Waals surface area contributed by atoms with Crippen LogP contribution < -0.4 is 0 Å². The topological polar surface area (TPSA) is 40.5 Å². The Hall–Kier alpha value is -3.69. The molecule has 1 N–H and O–H groups in total. The van der Waals surface area contributed by atoms with Crippen molar-refractivity contribution in [2.45, 2.75) is 38.4 Å². The molecule has 2 atom stereocenters. The molecule has 0 saturated heterocycles. The van der Waals surface area contributed by atoms with E-state index < -0.39 is 5.97 Å². The maximum absolute atomic E-state index is 12.0. The van der Waals surface area contributed by atoms with Gasteiger partial charge in [-0.25, -0.2) is 0 Å². The van der Waals surface area contributed by atoms with Gasteiger partial charge in [0.1, 0.15) is 0 Å². The van der Waals surface area contributed by atoms with Crippen LogP contribution in [0.5, 0.6) is 0 Å². The largest absolute Gasteiger partial charge is 0.481 e. The second kappa shape index (κ2) is 11.4. The van der Waals surface area contributed by atoms with Gasteiger partial charge in [-0.2, -0.15) is 0 Å². The summed E-state index contributed by atoms with van der Waals surface area (Å²) >= 11 is 0. The van der Waals surface area contributed by atoms with Crippen molar-refractivity contribution in [3.05, 3.63) is 143 Å². The van der Waals surface area contributed by atoms with Crippen molar-refractivity contribution in [1.29, 1.82) is 0 Å². The molecule has 3 nitrogen and oxygen atoms in total. The Kier molecular flexibility index (Phi) is 7.90. The predicted molar refractivity (Wildman–Crippen MR) is 138 cm³/mol. The molecule has 0 aliphatic heterocycles. The minimum atomic E-state index is -0.795. The highest BCUT2D eigenvalue weighted by molar-refractivity contribution is 5.68. The molecule has 0 amide bonds. The van der Waals surface area contributed by atoms with E-state index >= 15 is 0 Å². The number of hydrogen-bond acceptors (Lipinski definition) is 2. The highest BCUT2D eigenvalue weighted by Gasteiger charge is 2.28. The molecule has 0 aliphatic carbocycles. The van der Waals surface area contributed by atoms with E-state index in [1.54, 1.807) is 0 Å². The maximum atomic E-state index is 12.0. The van der Waals surface area contributed by atoms with Crippen molar-refractivity contribution in [3.8, 4) is 0 Å². The van der Waals surface area contributed by atoms with Crippen molar-refractivity contribution in [3.63, 3.8) is 0 Å². The van der Waals surface area contributed by atoms with Crippen LogP contribution in [-0.2, 0) is 17.8 Å². The zero-order valence-corrected chi connectivity index (χ0v) is 19.5. The molecule has 4 aromatic rings. The van der Waals surface area contributed by atoms with Gasteiger partial charge in [0.15, 0.2) is 0 Å². The normalized spacial score (nSPS) is 12.9. The highest BCUT2D eigenvalue weighted by Crippen LogP contribution is 2.35. The average molecular weight is 450 g/mol. The first kappa shape index (κ1) is 23.5. The number of aliphatic carboxylic acids is 1. The van der Waals surface area contributed by atoms with Crippen LogP contribution in [-0.4, -0.2) is 16.0 Å². The summed E-state index contributed by atoms with van der Waals surface area (Å²) in [5.41, 5.74) is 5.81. The third-order valence-corrected chi connectivity index (χ3v) is 6.34. The van der Waals surface area contributed by atoms with E-state index in [1.807, 2.05) is 42.5 Å². The van der Waals surface area contributed by atoms with Crippen molar-refractivity contribution in [2.24, 2.45) is 0 Å². The van der Waals surface area contributed by atoms with Crippen molar-refractivity contribution in [2.75, 3.05) is 0 Å². The van der Waals surface area contributed by atoms with E-state index in [0.29, 0.717) is 6.54 Å². The van der Waals surface area contributed by atoms with Gasteiger partial charge in [0.2, 0.25) is 0 Å². The van der Waals surface area contributed by atoms with Crippen LogP contribution >= 0.6 is 0 Å². The Morgan fingerprint density at radius 2 is 1.24 bits per heavy atom. The molecular formula is C31H31NO2. The van der Waals surface area contributed by atoms with E-state index in [2.05, 4.69) is 84.6 Å². The lowest BCUT2D eigenvalue weighted by molar-refractivity contribution is -0.138. The molecule has 2 unspecified atom stereocenters. The van der Waals surface area contributed by atoms with Gasteiger partial charge in [0, 0.05) is 18.6 Å². The number of carboxylic acid groups (broad SMARTS) is 1. The van der Waals surface area contributed by atoms with E-state index in [0.717, 1.165) is 12.0 Å². The zero-order valence-electron chi connectivity index (χ0n) is 19.5. The first-order valence-electron chi connectivity index (χ1n) is 11.8. The van der Waals surface area contributed by atoms with E-state index in [1.165, 1.54) is 22.3 Å². The monoisotopic (exact) mass is 449 g/mol. The number of nitrogens with zero attached hydrogens (tertiary/aromatic N) is 1. The molecule has 3 heteroatoms. The second-order valence-electron chi connectivity index (χ2n) is 8.77. The summed E-state index contributed by atoms with van der Waals surface area (Å²) in [7, 11) is 0. The van der Waals surface area contributed by atoms with Crippen LogP contribution in [0.4, 0.5) is 0 Å². The smallest absolute Gasteiger partial charge is 0.305 e. The molecule has 0 fully saturated rings. The van der Waals surface area contributed by atoms with Crippen molar-refractivity contribution >= 4 is 5.97 Å². The van der Waals surface area contributed by atoms with Crippen LogP contribution in [0.1, 0.15) is 53.2 Å². The van der Waals surface area contributed by atoms with Gasteiger partial charge in [-0.05, 0) is 41.2 Å². The molecule has 0 heterocycles. The third kappa shape index (κ3) is 6.21. The number of hydrogen-bond donors (Lipinski definition) is 1. The van der Waals surface area contributed by atoms with Crippen molar-refractivity contribution < 1.29 is 9.90 Å². The lowest BCUT2D eigenvalue weighted by atomic mass is 9.94. The van der Waals surface area contributed by atoms with E-state index in [-0.39, 0.29) is 18.5 Å². The first-order chi connectivity index (χ1) is 16.6. The van der Waals surface area contributed by atoms with E-state index in [4.69, 9.17) is 0 Å². The molecule has 0 bridgehead atoms. The van der Waals surface area contributed by atoms with Gasteiger partial charge in [-0.15, -0.1) is 0 Å². The van der Waals surface area contributed by atoms with E-state index in [9.17, 15) is 9.90 Å². The molecule has 0 aliphatic rings. The van der Waals surface area contributed by atoms with Gasteiger partial charge in [0.05, 0.1) is 6.42 Å². The van der Waals surface area contributed by atoms with Gasteiger partial charge in [0.25, 0.3) is 0 Å². The first-order valence-corrected chi connectivity index (χ1v) is 11.8. The van der Waals surface area contributed by atoms with Crippen molar-refractivity contribution in [1.82, 2.24) is 4.90 Å². The summed E-state index contributed by atoms with van der Waals surface area (Å²) < 4.78 is 0. The van der Waals surface area contributed by atoms with Gasteiger partial charge >= 0.3 is 5.97 Å². The lowest BCUT2D eigenvalue weighted by Gasteiger charge is -2.37. The summed E-state index contributed by atoms with van der Waals surface area (Å²) in [6.07, 6.45) is 0.861. The third-order valence-electron chi connectivity index (χ3n) is 6.34. The number of rotatable bonds is 10. The maximum Gasteiger partial charge on any atom is 0.305 e. The molecule has 172 valence electrons. The number of benzene rings is 4. The van der Waals surface area contributed by atoms with Gasteiger partial charge in [-0.3, -0.25) is 9.69 Å². The average Bonchev–Trinajstić information content (AvgIpc) is 2.87. The molecule has 0 saturated carbocycles. The van der Waals surface area contributed by atoms with Crippen LogP contribution in [0.3, 0.4) is 0 Å². The Bertz CT molecular complexity index is 1180. The SMILES string of the molecule is CC(c1ccccc1)N(Cc1ccccc1)C(CC(=O)O)c1cccc(Cc2ccccc2)c1. The standard InChI is InChI=1S/C31H31NO2/c1-24(28-17-9-4-10-18-28)32(23-26-14-7-3-8-15-26)30(22-31(33)34)29-19-11-16-27(21-29)20-25-12-5-2-6-13-25/h2-19,21,24,30H,20,22-23H2,1H3,(H,33,34). The van der Waals surface area contributed by atoms with Gasteiger partial charge < -0.3 is 5.11 Å². The summed E-state index contributed by atoms with van der Waals surface area (Å²) in [6, 6.07) is 39.2. The predicted octanol–water partition coefficient (Wildman–Crippen LogP) is 7.06. The molecule has 34 heavy (non-hydrogen) atoms. The molecule has 0 aromatic heterocycles. The zero-order chi connectivity index (χ0) is 23.8. The Morgan fingerprint density at radius 3 is 1.85 bits per heavy atom. The summed E-state index contributed by atoms with van der Waals surface area (Å²) in [5, 5.41) is 9.89. The second-order valence-corrected chi connectivity index (χ2v) is 8.77.